The zero-order valence-corrected chi connectivity index (χ0v) is 11.3. The van der Waals surface area contributed by atoms with Crippen LogP contribution in [0, 0.1) is 16.7 Å². The smallest absolute Gasteiger partial charge is 0.175 e. The van der Waals surface area contributed by atoms with Gasteiger partial charge in [0, 0.05) is 0 Å². The minimum atomic E-state index is -1.01. The second-order valence-electron chi connectivity index (χ2n) is 4.33. The average molecular weight is 264 g/mol. The molecule has 0 saturated carbocycles. The first kappa shape index (κ1) is 14.3. The number of carbonyl (C=O) groups is 1. The second kappa shape index (κ2) is 5.70. The van der Waals surface area contributed by atoms with Gasteiger partial charge < -0.3 is 4.74 Å². The molecule has 18 heavy (non-hydrogen) atoms. The Morgan fingerprint density at radius 3 is 2.72 bits per heavy atom. The Labute approximate surface area is 112 Å². The number of allylic oxidation sites excluding steroid dienone is 1. The standard InChI is InChI=1S/C14H14ClNO2/c1-14(2,9-16)13(17)7-5-10-4-6-11(15)12(8-10)18-3/h4-8H,1-3H3. The quantitative estimate of drug-likeness (QED) is 0.782. The first-order valence-electron chi connectivity index (χ1n) is 5.38. The molecule has 0 amide bonds. The summed E-state index contributed by atoms with van der Waals surface area (Å²) in [5.74, 6) is 0.310. The van der Waals surface area contributed by atoms with Crippen LogP contribution in [0.2, 0.25) is 5.02 Å². The minimum absolute atomic E-state index is 0.237. The lowest BCUT2D eigenvalue weighted by molar-refractivity contribution is -0.119. The van der Waals surface area contributed by atoms with Gasteiger partial charge in [0.15, 0.2) is 5.78 Å². The first-order valence-corrected chi connectivity index (χ1v) is 5.76. The Balaban J connectivity index is 2.93. The molecule has 0 heterocycles. The monoisotopic (exact) mass is 263 g/mol. The average Bonchev–Trinajstić information content (AvgIpc) is 2.37. The molecule has 0 radical (unpaired) electrons. The molecular formula is C14H14ClNO2. The van der Waals surface area contributed by atoms with Gasteiger partial charge in [-0.25, -0.2) is 0 Å². The summed E-state index contributed by atoms with van der Waals surface area (Å²) in [6.45, 7) is 3.17. The lowest BCUT2D eigenvalue weighted by atomic mass is 9.89. The number of hydrogen-bond acceptors (Lipinski definition) is 3. The molecule has 4 heteroatoms. The van der Waals surface area contributed by atoms with Crippen LogP contribution in [0.3, 0.4) is 0 Å². The Kier molecular flexibility index (Phi) is 4.52. The van der Waals surface area contributed by atoms with E-state index >= 15 is 0 Å². The van der Waals surface area contributed by atoms with Crippen molar-refractivity contribution < 1.29 is 9.53 Å². The lowest BCUT2D eigenvalue weighted by Gasteiger charge is -2.09. The number of benzene rings is 1. The number of nitriles is 1. The van der Waals surface area contributed by atoms with Crippen molar-refractivity contribution in [1.29, 1.82) is 5.26 Å². The Bertz CT molecular complexity index is 527. The zero-order valence-electron chi connectivity index (χ0n) is 10.5. The molecule has 0 aliphatic heterocycles. The molecule has 0 fully saturated rings. The third-order valence-corrected chi connectivity index (χ3v) is 2.81. The van der Waals surface area contributed by atoms with Gasteiger partial charge >= 0.3 is 0 Å². The van der Waals surface area contributed by atoms with E-state index in [1.165, 1.54) is 13.2 Å². The number of hydrogen-bond donors (Lipinski definition) is 0. The number of ketones is 1. The van der Waals surface area contributed by atoms with Crippen LogP contribution >= 0.6 is 11.6 Å². The van der Waals surface area contributed by atoms with Crippen LogP contribution in [0.15, 0.2) is 24.3 Å². The second-order valence-corrected chi connectivity index (χ2v) is 4.74. The van der Waals surface area contributed by atoms with Crippen molar-refractivity contribution in [2.45, 2.75) is 13.8 Å². The molecule has 0 aliphatic carbocycles. The zero-order chi connectivity index (χ0) is 13.8. The van der Waals surface area contributed by atoms with Crippen LogP contribution in [0.4, 0.5) is 0 Å². The number of carbonyl (C=O) groups excluding carboxylic acids is 1. The molecule has 0 aromatic heterocycles. The van der Waals surface area contributed by atoms with Gasteiger partial charge in [0.25, 0.3) is 0 Å². The lowest BCUT2D eigenvalue weighted by Crippen LogP contribution is -2.19. The SMILES string of the molecule is COc1cc(C=CC(=O)C(C)(C)C#N)ccc1Cl. The molecule has 0 spiro atoms. The summed E-state index contributed by atoms with van der Waals surface area (Å²) in [7, 11) is 1.53. The van der Waals surface area contributed by atoms with Crippen molar-refractivity contribution in [3.8, 4) is 11.8 Å². The molecule has 0 bridgehead atoms. The van der Waals surface area contributed by atoms with Crippen LogP contribution in [0.25, 0.3) is 6.08 Å². The molecule has 0 N–H and O–H groups in total. The van der Waals surface area contributed by atoms with Gasteiger partial charge in [0.1, 0.15) is 11.2 Å². The summed E-state index contributed by atoms with van der Waals surface area (Å²) in [6.07, 6.45) is 3.03. The molecular weight excluding hydrogens is 250 g/mol. The van der Waals surface area contributed by atoms with E-state index in [1.54, 1.807) is 38.1 Å². The van der Waals surface area contributed by atoms with Gasteiger partial charge in [-0.15, -0.1) is 0 Å². The fraction of sp³-hybridized carbons (Fsp3) is 0.286. The van der Waals surface area contributed by atoms with Crippen molar-refractivity contribution in [1.82, 2.24) is 0 Å². The number of nitrogens with zero attached hydrogens (tertiary/aromatic N) is 1. The number of ether oxygens (including phenoxy) is 1. The van der Waals surface area contributed by atoms with E-state index < -0.39 is 5.41 Å². The summed E-state index contributed by atoms with van der Waals surface area (Å²) < 4.78 is 5.08. The predicted octanol–water partition coefficient (Wildman–Crippen LogP) is 3.48. The van der Waals surface area contributed by atoms with Crippen LogP contribution in [-0.2, 0) is 4.79 Å². The highest BCUT2D eigenvalue weighted by atomic mass is 35.5. The molecule has 1 aromatic carbocycles. The maximum absolute atomic E-state index is 11.7. The third-order valence-electron chi connectivity index (χ3n) is 2.50. The van der Waals surface area contributed by atoms with Crippen molar-refractivity contribution in [2.24, 2.45) is 5.41 Å². The van der Waals surface area contributed by atoms with Crippen molar-refractivity contribution >= 4 is 23.5 Å². The van der Waals surface area contributed by atoms with E-state index in [0.29, 0.717) is 10.8 Å². The van der Waals surface area contributed by atoms with Gasteiger partial charge in [-0.05, 0) is 37.6 Å². The summed E-state index contributed by atoms with van der Waals surface area (Å²) >= 11 is 5.90. The highest BCUT2D eigenvalue weighted by Crippen LogP contribution is 2.25. The maximum atomic E-state index is 11.7. The first-order chi connectivity index (χ1) is 8.40. The summed E-state index contributed by atoms with van der Waals surface area (Å²) in [5, 5.41) is 9.35. The third kappa shape index (κ3) is 3.35. The molecule has 0 unspecified atom stereocenters. The summed E-state index contributed by atoms with van der Waals surface area (Å²) in [6, 6.07) is 7.16. The van der Waals surface area contributed by atoms with Crippen LogP contribution in [-0.4, -0.2) is 12.9 Å². The van der Waals surface area contributed by atoms with E-state index in [-0.39, 0.29) is 5.78 Å². The van der Waals surface area contributed by atoms with Gasteiger partial charge in [0.05, 0.1) is 18.2 Å². The fourth-order valence-corrected chi connectivity index (χ4v) is 1.41. The van der Waals surface area contributed by atoms with E-state index in [4.69, 9.17) is 21.6 Å². The topological polar surface area (TPSA) is 50.1 Å². The Morgan fingerprint density at radius 2 is 2.17 bits per heavy atom. The molecule has 1 aromatic rings. The molecule has 3 nitrogen and oxygen atoms in total. The highest BCUT2D eigenvalue weighted by Gasteiger charge is 2.24. The van der Waals surface area contributed by atoms with Crippen LogP contribution < -0.4 is 4.74 Å². The molecule has 0 atom stereocenters. The van der Waals surface area contributed by atoms with Gasteiger partial charge in [-0.2, -0.15) is 5.26 Å². The van der Waals surface area contributed by atoms with Gasteiger partial charge in [-0.1, -0.05) is 23.7 Å². The molecule has 0 saturated heterocycles. The van der Waals surface area contributed by atoms with E-state index in [2.05, 4.69) is 0 Å². The van der Waals surface area contributed by atoms with Crippen molar-refractivity contribution in [2.75, 3.05) is 7.11 Å². The Hall–Kier alpha value is -1.79. The number of methoxy groups -OCH3 is 1. The summed E-state index contributed by atoms with van der Waals surface area (Å²) in [4.78, 5) is 11.7. The molecule has 0 aliphatic rings. The predicted molar refractivity (Wildman–Crippen MR) is 71.4 cm³/mol. The van der Waals surface area contributed by atoms with E-state index in [9.17, 15) is 4.79 Å². The fourth-order valence-electron chi connectivity index (χ4n) is 1.22. The number of halogens is 1. The molecule has 1 rings (SSSR count). The maximum Gasteiger partial charge on any atom is 0.175 e. The Morgan fingerprint density at radius 1 is 1.50 bits per heavy atom. The van der Waals surface area contributed by atoms with E-state index in [0.717, 1.165) is 5.56 Å². The van der Waals surface area contributed by atoms with Crippen LogP contribution in [0.5, 0.6) is 5.75 Å². The van der Waals surface area contributed by atoms with Crippen molar-refractivity contribution in [3.05, 3.63) is 34.9 Å². The summed E-state index contributed by atoms with van der Waals surface area (Å²) in [5.41, 5.74) is -0.217. The largest absolute Gasteiger partial charge is 0.495 e. The highest BCUT2D eigenvalue weighted by molar-refractivity contribution is 6.32. The van der Waals surface area contributed by atoms with Crippen LogP contribution in [0.1, 0.15) is 19.4 Å². The minimum Gasteiger partial charge on any atom is -0.495 e. The van der Waals surface area contributed by atoms with Gasteiger partial charge in [-0.3, -0.25) is 4.79 Å². The van der Waals surface area contributed by atoms with Gasteiger partial charge in [0.2, 0.25) is 0 Å². The normalized spacial score (nSPS) is 11.3. The van der Waals surface area contributed by atoms with Crippen molar-refractivity contribution in [3.63, 3.8) is 0 Å². The molecule has 94 valence electrons. The number of rotatable bonds is 4. The van der Waals surface area contributed by atoms with E-state index in [1.807, 2.05) is 6.07 Å².